The second kappa shape index (κ2) is 10.7. The van der Waals surface area contributed by atoms with Crippen molar-refractivity contribution in [1.29, 1.82) is 0 Å². The Bertz CT molecular complexity index is 1200. The highest BCUT2D eigenvalue weighted by Crippen LogP contribution is 2.19. The monoisotopic (exact) mass is 469 g/mol. The van der Waals surface area contributed by atoms with Gasteiger partial charge in [0.2, 0.25) is 10.0 Å². The van der Waals surface area contributed by atoms with E-state index in [0.717, 1.165) is 5.56 Å². The zero-order chi connectivity index (χ0) is 23.8. The number of benzene rings is 3. The van der Waals surface area contributed by atoms with E-state index in [9.17, 15) is 23.3 Å². The van der Waals surface area contributed by atoms with Crippen LogP contribution in [0.4, 0.5) is 11.4 Å². The van der Waals surface area contributed by atoms with Gasteiger partial charge in [0.15, 0.2) is 6.10 Å². The highest BCUT2D eigenvalue weighted by Gasteiger charge is 2.17. The van der Waals surface area contributed by atoms with Gasteiger partial charge in [-0.1, -0.05) is 30.3 Å². The van der Waals surface area contributed by atoms with E-state index in [4.69, 9.17) is 4.74 Å². The second-order valence-electron chi connectivity index (χ2n) is 7.16. The second-order valence-corrected chi connectivity index (χ2v) is 8.93. The number of nitrogens with zero attached hydrogens (tertiary/aromatic N) is 1. The molecule has 0 fully saturated rings. The molecule has 0 bridgehead atoms. The molecule has 3 rings (SSSR count). The first-order chi connectivity index (χ1) is 15.7. The summed E-state index contributed by atoms with van der Waals surface area (Å²) in [6, 6.07) is 20.7. The Labute approximate surface area is 191 Å². The Morgan fingerprint density at radius 3 is 2.24 bits per heavy atom. The lowest BCUT2D eigenvalue weighted by atomic mass is 10.2. The van der Waals surface area contributed by atoms with Crippen molar-refractivity contribution in [2.45, 2.75) is 24.3 Å². The molecule has 0 unspecified atom stereocenters. The fourth-order valence-corrected chi connectivity index (χ4v) is 3.95. The van der Waals surface area contributed by atoms with E-state index in [1.807, 2.05) is 30.3 Å². The van der Waals surface area contributed by atoms with Gasteiger partial charge in [-0.25, -0.2) is 13.1 Å². The number of hydrogen-bond donors (Lipinski definition) is 2. The van der Waals surface area contributed by atoms with Crippen molar-refractivity contribution in [2.75, 3.05) is 11.9 Å². The van der Waals surface area contributed by atoms with Crippen LogP contribution in [0.15, 0.2) is 83.8 Å². The van der Waals surface area contributed by atoms with Crippen LogP contribution in [0.3, 0.4) is 0 Å². The Balaban J connectivity index is 1.53. The van der Waals surface area contributed by atoms with Crippen molar-refractivity contribution in [1.82, 2.24) is 4.72 Å². The minimum Gasteiger partial charge on any atom is -0.481 e. The number of hydrogen-bond acceptors (Lipinski definition) is 6. The van der Waals surface area contributed by atoms with Crippen LogP contribution in [-0.4, -0.2) is 31.9 Å². The third-order valence-electron chi connectivity index (χ3n) is 4.71. The molecule has 0 aliphatic rings. The standard InChI is InChI=1S/C23H23N3O6S/c1-17(32-21-11-9-20(10-12-21)26(28)29)23(27)25-19-7-13-22(14-8-19)33(30,31)24-16-15-18-5-3-2-4-6-18/h2-14,17,24H,15-16H2,1H3,(H,25,27)/t17-/m1/s1. The number of ether oxygens (including phenoxy) is 1. The number of anilines is 1. The van der Waals surface area contributed by atoms with Crippen LogP contribution in [-0.2, 0) is 21.2 Å². The van der Waals surface area contributed by atoms with Crippen LogP contribution in [0.25, 0.3) is 0 Å². The van der Waals surface area contributed by atoms with E-state index < -0.39 is 27.0 Å². The summed E-state index contributed by atoms with van der Waals surface area (Å²) < 4.78 is 33.0. The van der Waals surface area contributed by atoms with Crippen LogP contribution < -0.4 is 14.8 Å². The quantitative estimate of drug-likeness (QED) is 0.345. The normalized spacial score (nSPS) is 12.0. The first-order valence-electron chi connectivity index (χ1n) is 10.1. The molecular formula is C23H23N3O6S. The predicted octanol–water partition coefficient (Wildman–Crippen LogP) is 3.52. The maximum Gasteiger partial charge on any atom is 0.269 e. The molecule has 33 heavy (non-hydrogen) atoms. The highest BCUT2D eigenvalue weighted by molar-refractivity contribution is 7.89. The Morgan fingerprint density at radius 1 is 1.00 bits per heavy atom. The molecule has 2 N–H and O–H groups in total. The highest BCUT2D eigenvalue weighted by atomic mass is 32.2. The van der Waals surface area contributed by atoms with Crippen LogP contribution in [0.5, 0.6) is 5.75 Å². The van der Waals surface area contributed by atoms with E-state index in [1.165, 1.54) is 55.5 Å². The number of rotatable bonds is 10. The summed E-state index contributed by atoms with van der Waals surface area (Å²) in [5.41, 5.74) is 1.36. The van der Waals surface area contributed by atoms with Gasteiger partial charge >= 0.3 is 0 Å². The van der Waals surface area contributed by atoms with Gasteiger partial charge in [0.05, 0.1) is 9.82 Å². The summed E-state index contributed by atoms with van der Waals surface area (Å²) in [4.78, 5) is 22.6. The minimum atomic E-state index is -3.68. The van der Waals surface area contributed by atoms with Gasteiger partial charge in [-0.05, 0) is 55.3 Å². The van der Waals surface area contributed by atoms with Gasteiger partial charge < -0.3 is 10.1 Å². The molecule has 1 amide bonds. The van der Waals surface area contributed by atoms with Crippen LogP contribution in [0.1, 0.15) is 12.5 Å². The zero-order valence-electron chi connectivity index (χ0n) is 17.8. The van der Waals surface area contributed by atoms with Gasteiger partial charge in [0.1, 0.15) is 5.75 Å². The minimum absolute atomic E-state index is 0.0796. The van der Waals surface area contributed by atoms with E-state index in [0.29, 0.717) is 17.9 Å². The Kier molecular flexibility index (Phi) is 7.75. The predicted molar refractivity (Wildman–Crippen MR) is 124 cm³/mol. The molecule has 0 aromatic heterocycles. The van der Waals surface area contributed by atoms with Gasteiger partial charge in [0.25, 0.3) is 11.6 Å². The molecule has 0 saturated heterocycles. The van der Waals surface area contributed by atoms with Gasteiger partial charge in [0, 0.05) is 24.4 Å². The average Bonchev–Trinajstić information content (AvgIpc) is 2.80. The number of sulfonamides is 1. The van der Waals surface area contributed by atoms with Crippen molar-refractivity contribution >= 4 is 27.3 Å². The van der Waals surface area contributed by atoms with Crippen molar-refractivity contribution < 1.29 is 22.9 Å². The van der Waals surface area contributed by atoms with E-state index in [1.54, 1.807) is 0 Å². The van der Waals surface area contributed by atoms with Crippen molar-refractivity contribution in [2.24, 2.45) is 0 Å². The summed E-state index contributed by atoms with van der Waals surface area (Å²) in [6.45, 7) is 1.80. The molecule has 0 heterocycles. The zero-order valence-corrected chi connectivity index (χ0v) is 18.6. The molecule has 172 valence electrons. The molecule has 0 spiro atoms. The molecule has 0 saturated carbocycles. The van der Waals surface area contributed by atoms with Crippen LogP contribution in [0, 0.1) is 10.1 Å². The molecule has 3 aromatic carbocycles. The number of carbonyl (C=O) groups is 1. The van der Waals surface area contributed by atoms with Crippen LogP contribution >= 0.6 is 0 Å². The molecule has 1 atom stereocenters. The summed E-state index contributed by atoms with van der Waals surface area (Å²) in [5.74, 6) is -0.142. The molecule has 0 aliphatic heterocycles. The molecular weight excluding hydrogens is 446 g/mol. The lowest BCUT2D eigenvalue weighted by Crippen LogP contribution is -2.30. The number of nitrogens with one attached hydrogen (secondary N) is 2. The summed E-state index contributed by atoms with van der Waals surface area (Å²) in [6.07, 6.45) is -0.310. The number of nitro groups is 1. The molecule has 0 aliphatic carbocycles. The summed E-state index contributed by atoms with van der Waals surface area (Å²) >= 11 is 0. The van der Waals surface area contributed by atoms with E-state index in [-0.39, 0.29) is 17.1 Å². The fourth-order valence-electron chi connectivity index (χ4n) is 2.92. The Hall–Kier alpha value is -3.76. The average molecular weight is 470 g/mol. The van der Waals surface area contributed by atoms with Crippen LogP contribution in [0.2, 0.25) is 0 Å². The lowest BCUT2D eigenvalue weighted by molar-refractivity contribution is -0.384. The van der Waals surface area contributed by atoms with E-state index >= 15 is 0 Å². The SMILES string of the molecule is C[C@@H](Oc1ccc([N+](=O)[O-])cc1)C(=O)Nc1ccc(S(=O)(=O)NCCc2ccccc2)cc1. The van der Waals surface area contributed by atoms with Crippen molar-refractivity contribution in [3.05, 3.63) is 94.5 Å². The summed E-state index contributed by atoms with van der Waals surface area (Å²) in [7, 11) is -3.68. The Morgan fingerprint density at radius 2 is 1.64 bits per heavy atom. The number of carbonyl (C=O) groups excluding carboxylic acids is 1. The van der Waals surface area contributed by atoms with Crippen molar-refractivity contribution in [3.63, 3.8) is 0 Å². The first-order valence-corrected chi connectivity index (χ1v) is 11.6. The molecule has 10 heteroatoms. The third kappa shape index (κ3) is 6.86. The van der Waals surface area contributed by atoms with Gasteiger partial charge in [-0.3, -0.25) is 14.9 Å². The third-order valence-corrected chi connectivity index (χ3v) is 6.19. The summed E-state index contributed by atoms with van der Waals surface area (Å²) in [5, 5.41) is 13.3. The molecule has 3 aromatic rings. The topological polar surface area (TPSA) is 128 Å². The van der Waals surface area contributed by atoms with Gasteiger partial charge in [-0.2, -0.15) is 0 Å². The van der Waals surface area contributed by atoms with E-state index in [2.05, 4.69) is 10.0 Å². The largest absolute Gasteiger partial charge is 0.481 e. The molecule has 0 radical (unpaired) electrons. The smallest absolute Gasteiger partial charge is 0.269 e. The van der Waals surface area contributed by atoms with Crippen molar-refractivity contribution in [3.8, 4) is 5.75 Å². The fraction of sp³-hybridized carbons (Fsp3) is 0.174. The maximum atomic E-state index is 12.5. The number of nitro benzene ring substituents is 1. The maximum absolute atomic E-state index is 12.5. The number of amides is 1. The molecule has 9 nitrogen and oxygen atoms in total. The number of non-ortho nitro benzene ring substituents is 1. The first kappa shape index (κ1) is 23.9. The lowest BCUT2D eigenvalue weighted by Gasteiger charge is -2.15. The van der Waals surface area contributed by atoms with Gasteiger partial charge in [-0.15, -0.1) is 0 Å².